The Balaban J connectivity index is 1.55. The summed E-state index contributed by atoms with van der Waals surface area (Å²) in [6.07, 6.45) is 0. The second kappa shape index (κ2) is 9.45. The van der Waals surface area contributed by atoms with Gasteiger partial charge in [0.15, 0.2) is 6.61 Å². The molecule has 0 saturated heterocycles. The number of aryl methyl sites for hydroxylation is 1. The summed E-state index contributed by atoms with van der Waals surface area (Å²) in [5.74, 6) is 0.0319. The van der Waals surface area contributed by atoms with Crippen molar-refractivity contribution in [3.8, 4) is 23.3 Å². The predicted molar refractivity (Wildman–Crippen MR) is 125 cm³/mol. The highest BCUT2D eigenvalue weighted by Gasteiger charge is 2.32. The highest BCUT2D eigenvalue weighted by Crippen LogP contribution is 2.45. The molecule has 1 aliphatic heterocycles. The first kappa shape index (κ1) is 22.5. The molecule has 1 aliphatic rings. The average molecular weight is 481 g/mol. The molecule has 3 aromatic carbocycles. The minimum absolute atomic E-state index is 0.0278. The van der Waals surface area contributed by atoms with Gasteiger partial charge in [0.05, 0.1) is 5.92 Å². The van der Waals surface area contributed by atoms with Crippen LogP contribution < -0.4 is 19.9 Å². The number of fused-ring (bicyclic) bond motifs is 1. The number of halogens is 2. The number of nitriles is 1. The number of nitrogens with zero attached hydrogens (tertiary/aromatic N) is 1. The first-order chi connectivity index (χ1) is 15.9. The molecule has 0 aliphatic carbocycles. The van der Waals surface area contributed by atoms with Crippen LogP contribution in [-0.2, 0) is 4.79 Å². The molecule has 0 bridgehead atoms. The lowest BCUT2D eigenvalue weighted by molar-refractivity contribution is -0.136. The molecular formula is C25H18Cl2N2O4. The van der Waals surface area contributed by atoms with Crippen LogP contribution in [0.1, 0.15) is 22.6 Å². The number of esters is 1. The van der Waals surface area contributed by atoms with E-state index in [0.29, 0.717) is 27.1 Å². The molecule has 0 fully saturated rings. The Morgan fingerprint density at radius 3 is 2.64 bits per heavy atom. The fourth-order valence-corrected chi connectivity index (χ4v) is 4.07. The van der Waals surface area contributed by atoms with Crippen LogP contribution in [0, 0.1) is 18.3 Å². The third kappa shape index (κ3) is 4.75. The second-order valence-corrected chi connectivity index (χ2v) is 8.16. The van der Waals surface area contributed by atoms with Crippen LogP contribution in [0.5, 0.6) is 17.2 Å². The number of ether oxygens (including phenoxy) is 3. The number of rotatable bonds is 5. The Bertz CT molecular complexity index is 1310. The molecule has 3 aromatic rings. The second-order valence-electron chi connectivity index (χ2n) is 7.32. The normalized spacial score (nSPS) is 14.7. The van der Waals surface area contributed by atoms with Gasteiger partial charge < -0.3 is 19.9 Å². The Hall–Kier alpha value is -3.66. The molecule has 0 spiro atoms. The highest BCUT2D eigenvalue weighted by atomic mass is 35.5. The molecule has 1 atom stereocenters. The minimum atomic E-state index is -0.594. The van der Waals surface area contributed by atoms with Crippen LogP contribution in [-0.4, -0.2) is 12.6 Å². The van der Waals surface area contributed by atoms with Gasteiger partial charge in [-0.3, -0.25) is 0 Å². The Labute approximate surface area is 200 Å². The van der Waals surface area contributed by atoms with E-state index in [4.69, 9.17) is 43.1 Å². The van der Waals surface area contributed by atoms with Gasteiger partial charge in [-0.1, -0.05) is 47.5 Å². The van der Waals surface area contributed by atoms with E-state index in [9.17, 15) is 10.1 Å². The summed E-state index contributed by atoms with van der Waals surface area (Å²) in [6, 6.07) is 19.3. The monoisotopic (exact) mass is 480 g/mol. The Kier molecular flexibility index (Phi) is 6.45. The quantitative estimate of drug-likeness (QED) is 0.382. The maximum absolute atomic E-state index is 12.3. The molecule has 0 radical (unpaired) electrons. The third-order valence-electron chi connectivity index (χ3n) is 5.12. The van der Waals surface area contributed by atoms with E-state index in [-0.39, 0.29) is 23.8 Å². The first-order valence-corrected chi connectivity index (χ1v) is 10.7. The zero-order valence-electron chi connectivity index (χ0n) is 17.5. The number of hydrogen-bond donors (Lipinski definition) is 1. The number of benzene rings is 3. The third-order valence-corrected chi connectivity index (χ3v) is 5.70. The molecule has 4 rings (SSSR count). The number of hydrogen-bond acceptors (Lipinski definition) is 6. The number of allylic oxidation sites excluding steroid dienone is 1. The van der Waals surface area contributed by atoms with E-state index < -0.39 is 11.9 Å². The van der Waals surface area contributed by atoms with Gasteiger partial charge in [0, 0.05) is 21.7 Å². The van der Waals surface area contributed by atoms with Gasteiger partial charge in [-0.25, -0.2) is 4.79 Å². The molecule has 2 N–H and O–H groups in total. The van der Waals surface area contributed by atoms with E-state index in [1.807, 2.05) is 19.1 Å². The molecule has 6 nitrogen and oxygen atoms in total. The number of carbonyl (C=O) groups excluding carboxylic acids is 1. The van der Waals surface area contributed by atoms with Crippen LogP contribution in [0.15, 0.2) is 72.1 Å². The van der Waals surface area contributed by atoms with E-state index in [1.54, 1.807) is 48.5 Å². The van der Waals surface area contributed by atoms with E-state index >= 15 is 0 Å². The maximum atomic E-state index is 12.3. The molecule has 166 valence electrons. The SMILES string of the molecule is Cc1cc(Cl)ccc1OCC(=O)Oc1ccc2c(c1)OC(N)=C(C#N)C2c1ccccc1Cl. The van der Waals surface area contributed by atoms with Gasteiger partial charge in [0.1, 0.15) is 28.9 Å². The lowest BCUT2D eigenvalue weighted by Crippen LogP contribution is -2.22. The van der Waals surface area contributed by atoms with E-state index in [0.717, 1.165) is 11.1 Å². The van der Waals surface area contributed by atoms with Crippen molar-refractivity contribution in [2.75, 3.05) is 6.61 Å². The van der Waals surface area contributed by atoms with Gasteiger partial charge in [-0.2, -0.15) is 5.26 Å². The molecule has 33 heavy (non-hydrogen) atoms. The van der Waals surface area contributed by atoms with Gasteiger partial charge in [0.25, 0.3) is 0 Å². The topological polar surface area (TPSA) is 94.6 Å². The van der Waals surface area contributed by atoms with Crippen molar-refractivity contribution < 1.29 is 19.0 Å². The zero-order valence-corrected chi connectivity index (χ0v) is 19.0. The molecular weight excluding hydrogens is 463 g/mol. The van der Waals surface area contributed by atoms with Crippen LogP contribution in [0.4, 0.5) is 0 Å². The van der Waals surface area contributed by atoms with Crippen molar-refractivity contribution in [1.29, 1.82) is 5.26 Å². The van der Waals surface area contributed by atoms with Crippen LogP contribution in [0.3, 0.4) is 0 Å². The summed E-state index contributed by atoms with van der Waals surface area (Å²) < 4.78 is 16.6. The van der Waals surface area contributed by atoms with Gasteiger partial charge in [-0.15, -0.1) is 0 Å². The maximum Gasteiger partial charge on any atom is 0.349 e. The summed E-state index contributed by atoms with van der Waals surface area (Å²) >= 11 is 12.3. The smallest absolute Gasteiger partial charge is 0.349 e. The largest absolute Gasteiger partial charge is 0.482 e. The van der Waals surface area contributed by atoms with Crippen LogP contribution in [0.25, 0.3) is 0 Å². The van der Waals surface area contributed by atoms with E-state index in [1.165, 1.54) is 0 Å². The molecule has 0 amide bonds. The summed E-state index contributed by atoms with van der Waals surface area (Å²) in [5.41, 5.74) is 8.49. The standard InChI is InChI=1S/C25H18Cl2N2O4/c1-14-10-15(26)6-9-21(14)31-13-23(30)32-16-7-8-18-22(11-16)33-25(29)19(12-28)24(18)17-4-2-3-5-20(17)27/h2-11,24H,13,29H2,1H3. The summed E-state index contributed by atoms with van der Waals surface area (Å²) in [7, 11) is 0. The Morgan fingerprint density at radius 1 is 1.12 bits per heavy atom. The number of nitrogens with two attached hydrogens (primary N) is 1. The van der Waals surface area contributed by atoms with Crippen molar-refractivity contribution in [2.24, 2.45) is 5.73 Å². The van der Waals surface area contributed by atoms with Crippen molar-refractivity contribution in [3.05, 3.63) is 98.9 Å². The highest BCUT2D eigenvalue weighted by molar-refractivity contribution is 6.31. The lowest BCUT2D eigenvalue weighted by atomic mass is 9.83. The average Bonchev–Trinajstić information content (AvgIpc) is 2.78. The predicted octanol–water partition coefficient (Wildman–Crippen LogP) is 5.50. The van der Waals surface area contributed by atoms with Crippen molar-refractivity contribution in [1.82, 2.24) is 0 Å². The van der Waals surface area contributed by atoms with Crippen LogP contribution >= 0.6 is 23.2 Å². The zero-order chi connectivity index (χ0) is 23.5. The molecule has 0 aromatic heterocycles. The fraction of sp³-hybridized carbons (Fsp3) is 0.120. The van der Waals surface area contributed by atoms with Crippen molar-refractivity contribution in [3.63, 3.8) is 0 Å². The summed E-state index contributed by atoms with van der Waals surface area (Å²) in [5, 5.41) is 10.8. The molecule has 1 heterocycles. The van der Waals surface area contributed by atoms with Crippen LogP contribution in [0.2, 0.25) is 10.0 Å². The molecule has 0 saturated carbocycles. The van der Waals surface area contributed by atoms with Gasteiger partial charge in [-0.05, 0) is 48.4 Å². The summed E-state index contributed by atoms with van der Waals surface area (Å²) in [6.45, 7) is 1.54. The van der Waals surface area contributed by atoms with Gasteiger partial charge >= 0.3 is 5.97 Å². The summed E-state index contributed by atoms with van der Waals surface area (Å²) in [4.78, 5) is 12.3. The minimum Gasteiger partial charge on any atom is -0.482 e. The van der Waals surface area contributed by atoms with E-state index in [2.05, 4.69) is 6.07 Å². The van der Waals surface area contributed by atoms with Gasteiger partial charge in [0.2, 0.25) is 5.88 Å². The Morgan fingerprint density at radius 2 is 1.91 bits per heavy atom. The van der Waals surface area contributed by atoms with Crippen molar-refractivity contribution >= 4 is 29.2 Å². The first-order valence-electron chi connectivity index (χ1n) is 9.93. The molecule has 1 unspecified atom stereocenters. The van der Waals surface area contributed by atoms with Crippen molar-refractivity contribution in [2.45, 2.75) is 12.8 Å². The number of carbonyl (C=O) groups is 1. The molecule has 8 heteroatoms. The lowest BCUT2D eigenvalue weighted by Gasteiger charge is -2.27. The fourth-order valence-electron chi connectivity index (χ4n) is 3.60.